The van der Waals surface area contributed by atoms with Gasteiger partial charge < -0.3 is 4.74 Å². The number of H-pyrrole nitrogens is 1. The molecule has 0 bridgehead atoms. The van der Waals surface area contributed by atoms with Crippen LogP contribution in [-0.2, 0) is 16.6 Å². The van der Waals surface area contributed by atoms with Crippen LogP contribution in [0.2, 0.25) is 5.02 Å². The van der Waals surface area contributed by atoms with Gasteiger partial charge in [0.1, 0.15) is 17.9 Å². The van der Waals surface area contributed by atoms with Crippen molar-refractivity contribution < 1.29 is 13.2 Å². The van der Waals surface area contributed by atoms with E-state index in [1.165, 1.54) is 31.6 Å². The molecule has 0 aliphatic heterocycles. The normalized spacial score (nSPS) is 11.5. The quantitative estimate of drug-likeness (QED) is 0.857. The summed E-state index contributed by atoms with van der Waals surface area (Å²) >= 11 is 5.89. The second-order valence-corrected chi connectivity index (χ2v) is 5.73. The zero-order chi connectivity index (χ0) is 13.9. The molecular weight excluding hydrogens is 292 g/mol. The number of nitrogens with one attached hydrogen (secondary N) is 2. The number of benzene rings is 1. The molecule has 0 saturated heterocycles. The van der Waals surface area contributed by atoms with E-state index in [4.69, 9.17) is 16.3 Å². The van der Waals surface area contributed by atoms with Gasteiger partial charge in [0, 0.05) is 0 Å². The van der Waals surface area contributed by atoms with Gasteiger partial charge in [-0.25, -0.2) is 18.1 Å². The molecule has 0 aliphatic carbocycles. The predicted octanol–water partition coefficient (Wildman–Crippen LogP) is 0.945. The van der Waals surface area contributed by atoms with E-state index >= 15 is 0 Å². The number of aromatic amines is 1. The van der Waals surface area contributed by atoms with Crippen molar-refractivity contribution in [3.8, 4) is 5.75 Å². The molecule has 2 N–H and O–H groups in total. The maximum absolute atomic E-state index is 12.0. The Morgan fingerprint density at radius 3 is 2.84 bits per heavy atom. The molecule has 9 heteroatoms. The maximum Gasteiger partial charge on any atom is 0.241 e. The van der Waals surface area contributed by atoms with E-state index in [1.54, 1.807) is 0 Å². The zero-order valence-electron chi connectivity index (χ0n) is 9.92. The van der Waals surface area contributed by atoms with E-state index in [0.717, 1.165) is 0 Å². The van der Waals surface area contributed by atoms with Crippen molar-refractivity contribution in [1.82, 2.24) is 19.9 Å². The molecule has 2 rings (SSSR count). The average molecular weight is 303 g/mol. The number of sulfonamides is 1. The van der Waals surface area contributed by atoms with Gasteiger partial charge in [0.2, 0.25) is 10.0 Å². The predicted molar refractivity (Wildman–Crippen MR) is 68.4 cm³/mol. The number of ether oxygens (including phenoxy) is 1. The highest BCUT2D eigenvalue weighted by Crippen LogP contribution is 2.26. The van der Waals surface area contributed by atoms with E-state index in [0.29, 0.717) is 11.6 Å². The van der Waals surface area contributed by atoms with E-state index in [1.807, 2.05) is 0 Å². The Labute approximate surface area is 115 Å². The summed E-state index contributed by atoms with van der Waals surface area (Å²) in [6.07, 6.45) is 1.30. The van der Waals surface area contributed by atoms with Gasteiger partial charge in [-0.2, -0.15) is 5.10 Å². The van der Waals surface area contributed by atoms with E-state index in [-0.39, 0.29) is 16.5 Å². The number of nitrogens with zero attached hydrogens (tertiary/aromatic N) is 2. The second kappa shape index (κ2) is 5.55. The highest BCUT2D eigenvalue weighted by molar-refractivity contribution is 7.89. The van der Waals surface area contributed by atoms with Gasteiger partial charge in [-0.05, 0) is 18.2 Å². The van der Waals surface area contributed by atoms with E-state index in [2.05, 4.69) is 19.9 Å². The van der Waals surface area contributed by atoms with Crippen LogP contribution in [-0.4, -0.2) is 30.7 Å². The molecule has 0 unspecified atom stereocenters. The lowest BCUT2D eigenvalue weighted by Gasteiger charge is -2.07. The molecule has 1 aromatic heterocycles. The number of rotatable bonds is 5. The summed E-state index contributed by atoms with van der Waals surface area (Å²) < 4.78 is 31.4. The fourth-order valence-corrected chi connectivity index (χ4v) is 2.71. The highest BCUT2D eigenvalue weighted by Gasteiger charge is 2.16. The van der Waals surface area contributed by atoms with Gasteiger partial charge in [-0.1, -0.05) is 11.6 Å². The zero-order valence-corrected chi connectivity index (χ0v) is 11.5. The standard InChI is InChI=1S/C10H11ClN4O3S/c1-18-9-3-2-7(4-8(9)11)19(16,17)14-5-10-12-6-13-15-10/h2-4,6,14H,5H2,1H3,(H,12,13,15). The number of methoxy groups -OCH3 is 1. The molecule has 0 amide bonds. The Bertz CT molecular complexity index is 657. The molecule has 0 radical (unpaired) electrons. The van der Waals surface area contributed by atoms with Crippen LogP contribution in [0, 0.1) is 0 Å². The van der Waals surface area contributed by atoms with Crippen LogP contribution in [0.5, 0.6) is 5.75 Å². The number of aromatic nitrogens is 3. The molecule has 1 aromatic carbocycles. The lowest BCUT2D eigenvalue weighted by atomic mass is 10.3. The first-order valence-electron chi connectivity index (χ1n) is 5.20. The Morgan fingerprint density at radius 2 is 2.26 bits per heavy atom. The van der Waals surface area contributed by atoms with Gasteiger partial charge in [0.15, 0.2) is 0 Å². The molecule has 0 atom stereocenters. The van der Waals surface area contributed by atoms with E-state index in [9.17, 15) is 8.42 Å². The van der Waals surface area contributed by atoms with Gasteiger partial charge in [0.25, 0.3) is 0 Å². The van der Waals surface area contributed by atoms with Crippen molar-refractivity contribution in [2.24, 2.45) is 0 Å². The largest absolute Gasteiger partial charge is 0.495 e. The van der Waals surface area contributed by atoms with Crippen LogP contribution in [0.25, 0.3) is 0 Å². The van der Waals surface area contributed by atoms with Gasteiger partial charge in [-0.3, -0.25) is 5.10 Å². The topological polar surface area (TPSA) is 97.0 Å². The van der Waals surface area contributed by atoms with Gasteiger partial charge in [-0.15, -0.1) is 0 Å². The van der Waals surface area contributed by atoms with Crippen LogP contribution in [0.1, 0.15) is 5.82 Å². The third-order valence-corrected chi connectivity index (χ3v) is 4.02. The van der Waals surface area contributed by atoms with Crippen LogP contribution >= 0.6 is 11.6 Å². The first-order valence-corrected chi connectivity index (χ1v) is 7.06. The van der Waals surface area contributed by atoms with Crippen molar-refractivity contribution in [1.29, 1.82) is 0 Å². The summed E-state index contributed by atoms with van der Waals surface area (Å²) in [6, 6.07) is 4.22. The summed E-state index contributed by atoms with van der Waals surface area (Å²) in [7, 11) is -2.21. The lowest BCUT2D eigenvalue weighted by molar-refractivity contribution is 0.414. The minimum absolute atomic E-state index is 0.0198. The molecule has 102 valence electrons. The summed E-state index contributed by atoms with van der Waals surface area (Å²) in [6.45, 7) is 0.0198. The highest BCUT2D eigenvalue weighted by atomic mass is 35.5. The Kier molecular flexibility index (Phi) is 4.03. The summed E-state index contributed by atoms with van der Waals surface area (Å²) in [5.41, 5.74) is 0. The van der Waals surface area contributed by atoms with Crippen LogP contribution < -0.4 is 9.46 Å². The van der Waals surface area contributed by atoms with Gasteiger partial charge in [0.05, 0.1) is 23.6 Å². The van der Waals surface area contributed by atoms with Crippen LogP contribution in [0.3, 0.4) is 0 Å². The third kappa shape index (κ3) is 3.22. The molecule has 19 heavy (non-hydrogen) atoms. The molecule has 0 spiro atoms. The van der Waals surface area contributed by atoms with Crippen LogP contribution in [0.4, 0.5) is 0 Å². The molecule has 0 saturated carbocycles. The maximum atomic E-state index is 12.0. The monoisotopic (exact) mass is 302 g/mol. The molecular formula is C10H11ClN4O3S. The van der Waals surface area contributed by atoms with Crippen molar-refractivity contribution >= 4 is 21.6 Å². The van der Waals surface area contributed by atoms with E-state index < -0.39 is 10.0 Å². The van der Waals surface area contributed by atoms with Crippen molar-refractivity contribution in [3.05, 3.63) is 35.4 Å². The molecule has 7 nitrogen and oxygen atoms in total. The summed E-state index contributed by atoms with van der Waals surface area (Å²) in [4.78, 5) is 3.87. The lowest BCUT2D eigenvalue weighted by Crippen LogP contribution is -2.23. The smallest absolute Gasteiger partial charge is 0.241 e. The van der Waals surface area contributed by atoms with Crippen molar-refractivity contribution in [2.45, 2.75) is 11.4 Å². The average Bonchev–Trinajstić information content (AvgIpc) is 2.89. The SMILES string of the molecule is COc1ccc(S(=O)(=O)NCc2ncn[nH]2)cc1Cl. The number of hydrogen-bond donors (Lipinski definition) is 2. The first-order chi connectivity index (χ1) is 9.03. The molecule has 1 heterocycles. The van der Waals surface area contributed by atoms with Crippen molar-refractivity contribution in [3.63, 3.8) is 0 Å². The molecule has 0 fully saturated rings. The number of hydrogen-bond acceptors (Lipinski definition) is 5. The number of halogens is 1. The molecule has 2 aromatic rings. The molecule has 0 aliphatic rings. The van der Waals surface area contributed by atoms with Crippen LogP contribution in [0.15, 0.2) is 29.4 Å². The Hall–Kier alpha value is -1.64. The fourth-order valence-electron chi connectivity index (χ4n) is 1.38. The fraction of sp³-hybridized carbons (Fsp3) is 0.200. The first kappa shape index (κ1) is 13.8. The minimum atomic E-state index is -3.66. The van der Waals surface area contributed by atoms with Crippen molar-refractivity contribution in [2.75, 3.05) is 7.11 Å². The Balaban J connectivity index is 2.17. The second-order valence-electron chi connectivity index (χ2n) is 3.55. The summed E-state index contributed by atoms with van der Waals surface area (Å²) in [5.74, 6) is 0.832. The third-order valence-electron chi connectivity index (χ3n) is 2.33. The van der Waals surface area contributed by atoms with Gasteiger partial charge >= 0.3 is 0 Å². The minimum Gasteiger partial charge on any atom is -0.495 e. The summed E-state index contributed by atoms with van der Waals surface area (Å²) in [5, 5.41) is 6.41. The Morgan fingerprint density at radius 1 is 1.47 bits per heavy atom.